The molecule has 0 atom stereocenters. The number of nitrogens with two attached hydrogens (primary N) is 1. The van der Waals surface area contributed by atoms with Crippen LogP contribution in [0.15, 0.2) is 18.7 Å². The monoisotopic (exact) mass is 357 g/mol. The lowest BCUT2D eigenvalue weighted by Crippen LogP contribution is -2.53. The van der Waals surface area contributed by atoms with Crippen LogP contribution in [0.1, 0.15) is 63.1 Å². The average molecular weight is 357 g/mol. The van der Waals surface area contributed by atoms with Gasteiger partial charge in [0.25, 0.3) is 0 Å². The number of hydrogen-bond donors (Lipinski definition) is 1. The third kappa shape index (κ3) is 3.38. The molecule has 1 amide bonds. The van der Waals surface area contributed by atoms with Crippen LogP contribution in [-0.4, -0.2) is 53.8 Å². The molecule has 2 N–H and O–H groups in total. The van der Waals surface area contributed by atoms with Crippen LogP contribution in [0.2, 0.25) is 0 Å². The van der Waals surface area contributed by atoms with E-state index in [2.05, 4.69) is 19.7 Å². The van der Waals surface area contributed by atoms with Crippen molar-refractivity contribution in [2.75, 3.05) is 13.1 Å². The molecule has 8 nitrogen and oxygen atoms in total. The number of amides is 1. The molecular formula is C18H27N7O. The maximum Gasteiger partial charge on any atom is 0.242 e. The summed E-state index contributed by atoms with van der Waals surface area (Å²) in [5, 5.41) is 9.04. The van der Waals surface area contributed by atoms with Crippen molar-refractivity contribution in [3.8, 4) is 0 Å². The minimum Gasteiger partial charge on any atom is -0.341 e. The van der Waals surface area contributed by atoms with Crippen LogP contribution in [0.4, 0.5) is 0 Å². The predicted octanol–water partition coefficient (Wildman–Crippen LogP) is 1.30. The Labute approximate surface area is 153 Å². The summed E-state index contributed by atoms with van der Waals surface area (Å²) in [4.78, 5) is 18.4. The van der Waals surface area contributed by atoms with Crippen molar-refractivity contribution in [3.05, 3.63) is 30.4 Å². The fourth-order valence-electron chi connectivity index (χ4n) is 3.75. The fraction of sp³-hybridized carbons (Fsp3) is 0.667. The predicted molar refractivity (Wildman–Crippen MR) is 96.4 cm³/mol. The maximum absolute atomic E-state index is 12.4. The molecule has 0 radical (unpaired) electrons. The van der Waals surface area contributed by atoms with Gasteiger partial charge in [0.2, 0.25) is 5.91 Å². The first-order valence-corrected chi connectivity index (χ1v) is 9.41. The van der Waals surface area contributed by atoms with E-state index < -0.39 is 5.54 Å². The Morgan fingerprint density at radius 1 is 1.23 bits per heavy atom. The van der Waals surface area contributed by atoms with Crippen LogP contribution in [0.5, 0.6) is 0 Å². The van der Waals surface area contributed by atoms with Gasteiger partial charge in [-0.05, 0) is 39.5 Å². The van der Waals surface area contributed by atoms with E-state index in [1.54, 1.807) is 20.0 Å². The Morgan fingerprint density at radius 3 is 2.54 bits per heavy atom. The van der Waals surface area contributed by atoms with Crippen molar-refractivity contribution in [1.82, 2.24) is 29.2 Å². The highest BCUT2D eigenvalue weighted by Gasteiger charge is 2.36. The van der Waals surface area contributed by atoms with Crippen molar-refractivity contribution in [2.24, 2.45) is 5.73 Å². The lowest BCUT2D eigenvalue weighted by atomic mass is 9.94. The number of carbonyl (C=O) groups excluding carboxylic acids is 1. The molecule has 1 saturated heterocycles. The second-order valence-corrected chi connectivity index (χ2v) is 8.10. The highest BCUT2D eigenvalue weighted by molar-refractivity contribution is 5.85. The number of imidazole rings is 1. The molecule has 0 aromatic carbocycles. The van der Waals surface area contributed by atoms with E-state index in [4.69, 9.17) is 5.73 Å². The Hall–Kier alpha value is -2.22. The quantitative estimate of drug-likeness (QED) is 0.870. The summed E-state index contributed by atoms with van der Waals surface area (Å²) in [5.74, 6) is 2.47. The molecule has 1 saturated carbocycles. The van der Waals surface area contributed by atoms with E-state index in [0.29, 0.717) is 18.5 Å². The second kappa shape index (κ2) is 6.50. The van der Waals surface area contributed by atoms with E-state index in [9.17, 15) is 4.79 Å². The summed E-state index contributed by atoms with van der Waals surface area (Å²) in [6.45, 7) is 5.71. The molecule has 3 heterocycles. The minimum atomic E-state index is -0.807. The van der Waals surface area contributed by atoms with E-state index >= 15 is 0 Å². The Bertz CT molecular complexity index is 762. The van der Waals surface area contributed by atoms with Gasteiger partial charge in [-0.15, -0.1) is 10.2 Å². The van der Waals surface area contributed by atoms with Crippen LogP contribution in [0.25, 0.3) is 0 Å². The second-order valence-electron chi connectivity index (χ2n) is 8.10. The molecule has 0 unspecified atom stereocenters. The van der Waals surface area contributed by atoms with Gasteiger partial charge in [-0.2, -0.15) is 0 Å². The zero-order valence-electron chi connectivity index (χ0n) is 15.5. The first-order chi connectivity index (χ1) is 12.4. The van der Waals surface area contributed by atoms with Gasteiger partial charge in [-0.3, -0.25) is 4.79 Å². The van der Waals surface area contributed by atoms with Gasteiger partial charge in [-0.25, -0.2) is 4.98 Å². The fourth-order valence-corrected chi connectivity index (χ4v) is 3.75. The number of carbonyl (C=O) groups is 1. The number of piperidine rings is 1. The van der Waals surface area contributed by atoms with Gasteiger partial charge in [0, 0.05) is 37.4 Å². The van der Waals surface area contributed by atoms with Crippen LogP contribution < -0.4 is 5.73 Å². The molecule has 140 valence electrons. The van der Waals surface area contributed by atoms with Gasteiger partial charge in [-0.1, -0.05) is 0 Å². The standard InChI is InChI=1S/C18H27N7O/c1-18(2,19)17(26)24-8-5-13(6-9-24)16-22-21-15(25(16)14-3-4-14)11-23-10-7-20-12-23/h7,10,12-14H,3-6,8-9,11,19H2,1-2H3. The van der Waals surface area contributed by atoms with Crippen molar-refractivity contribution in [3.63, 3.8) is 0 Å². The first-order valence-electron chi connectivity index (χ1n) is 9.41. The Kier molecular flexibility index (Phi) is 4.30. The molecule has 0 bridgehead atoms. The lowest BCUT2D eigenvalue weighted by Gasteiger charge is -2.35. The third-order valence-electron chi connectivity index (χ3n) is 5.29. The largest absolute Gasteiger partial charge is 0.341 e. The molecule has 8 heteroatoms. The van der Waals surface area contributed by atoms with E-state index in [1.807, 2.05) is 22.0 Å². The van der Waals surface area contributed by atoms with E-state index in [-0.39, 0.29) is 5.91 Å². The van der Waals surface area contributed by atoms with Gasteiger partial charge in [0.1, 0.15) is 5.82 Å². The molecule has 1 aliphatic heterocycles. The van der Waals surface area contributed by atoms with Crippen molar-refractivity contribution in [2.45, 2.75) is 63.6 Å². The number of hydrogen-bond acceptors (Lipinski definition) is 5. The molecule has 2 aliphatic rings. The van der Waals surface area contributed by atoms with Crippen LogP contribution in [-0.2, 0) is 11.3 Å². The smallest absolute Gasteiger partial charge is 0.242 e. The molecule has 26 heavy (non-hydrogen) atoms. The summed E-state index contributed by atoms with van der Waals surface area (Å²) < 4.78 is 4.37. The summed E-state index contributed by atoms with van der Waals surface area (Å²) in [5.41, 5.74) is 5.16. The number of nitrogens with zero attached hydrogens (tertiary/aromatic N) is 6. The van der Waals surface area contributed by atoms with Gasteiger partial charge in [0.15, 0.2) is 5.82 Å². The molecule has 1 aliphatic carbocycles. The van der Waals surface area contributed by atoms with Gasteiger partial charge < -0.3 is 19.8 Å². The first kappa shape index (κ1) is 17.2. The summed E-state index contributed by atoms with van der Waals surface area (Å²) >= 11 is 0. The maximum atomic E-state index is 12.4. The van der Waals surface area contributed by atoms with Crippen LogP contribution in [0, 0.1) is 0 Å². The SMILES string of the molecule is CC(C)(N)C(=O)N1CCC(c2nnc(Cn3ccnc3)n2C2CC2)CC1. The molecule has 2 aromatic rings. The Balaban J connectivity index is 1.49. The molecule has 0 spiro atoms. The zero-order valence-corrected chi connectivity index (χ0v) is 15.5. The van der Waals surface area contributed by atoms with Crippen molar-refractivity contribution < 1.29 is 4.79 Å². The molecule has 4 rings (SSSR count). The normalized spacial score (nSPS) is 19.1. The lowest BCUT2D eigenvalue weighted by molar-refractivity contribution is -0.136. The molecule has 2 fully saturated rings. The van der Waals surface area contributed by atoms with E-state index in [1.165, 1.54) is 12.8 Å². The number of aromatic nitrogens is 5. The third-order valence-corrected chi connectivity index (χ3v) is 5.29. The summed E-state index contributed by atoms with van der Waals surface area (Å²) in [6, 6.07) is 0.529. The van der Waals surface area contributed by atoms with Gasteiger partial charge >= 0.3 is 0 Å². The minimum absolute atomic E-state index is 0.0282. The molecule has 2 aromatic heterocycles. The number of rotatable bonds is 5. The van der Waals surface area contributed by atoms with Crippen molar-refractivity contribution in [1.29, 1.82) is 0 Å². The zero-order chi connectivity index (χ0) is 18.3. The average Bonchev–Trinajstić information content (AvgIpc) is 3.15. The van der Waals surface area contributed by atoms with Crippen LogP contribution >= 0.6 is 0 Å². The van der Waals surface area contributed by atoms with Crippen molar-refractivity contribution >= 4 is 5.91 Å². The highest BCUT2D eigenvalue weighted by atomic mass is 16.2. The van der Waals surface area contributed by atoms with Crippen LogP contribution in [0.3, 0.4) is 0 Å². The highest BCUT2D eigenvalue weighted by Crippen LogP contribution is 2.40. The Morgan fingerprint density at radius 2 is 1.96 bits per heavy atom. The van der Waals surface area contributed by atoms with E-state index in [0.717, 1.165) is 37.6 Å². The topological polar surface area (TPSA) is 94.9 Å². The summed E-state index contributed by atoms with van der Waals surface area (Å²) in [7, 11) is 0. The summed E-state index contributed by atoms with van der Waals surface area (Å²) in [6.07, 6.45) is 9.76. The van der Waals surface area contributed by atoms with Gasteiger partial charge in [0.05, 0.1) is 18.4 Å². The number of likely N-dealkylation sites (tertiary alicyclic amines) is 1. The molecular weight excluding hydrogens is 330 g/mol.